The Morgan fingerprint density at radius 2 is 0.850 bits per heavy atom. The van der Waals surface area contributed by atoms with Crippen molar-refractivity contribution in [3.05, 3.63) is 109 Å². The van der Waals surface area contributed by atoms with Crippen molar-refractivity contribution in [1.82, 2.24) is 19.5 Å². The Hall–Kier alpha value is -6.20. The van der Waals surface area contributed by atoms with E-state index >= 15 is 0 Å². The average molecular weight is 739 g/mol. The molecule has 0 unspecified atom stereocenters. The lowest BCUT2D eigenvalue weighted by Gasteiger charge is -2.22. The van der Waals surface area contributed by atoms with E-state index in [2.05, 4.69) is 65.2 Å². The van der Waals surface area contributed by atoms with Crippen molar-refractivity contribution in [3.8, 4) is 51.0 Å². The second-order valence-electron chi connectivity index (χ2n) is 14.6. The molecule has 0 atom stereocenters. The summed E-state index contributed by atoms with van der Waals surface area (Å²) in [5, 5.41) is 3.78. The van der Waals surface area contributed by atoms with Crippen LogP contribution in [0.25, 0.3) is 94.7 Å². The minimum Gasteiger partial charge on any atom is -0.456 e. The van der Waals surface area contributed by atoms with Crippen LogP contribution in [0.1, 0.15) is 0 Å². The minimum atomic E-state index is 0.00135. The van der Waals surface area contributed by atoms with Gasteiger partial charge in [-0.3, -0.25) is 0 Å². The zero-order valence-corrected chi connectivity index (χ0v) is 31.9. The second-order valence-corrected chi connectivity index (χ2v) is 14.6. The lowest BCUT2D eigenvalue weighted by molar-refractivity contribution is 0.669. The molecule has 0 aliphatic carbocycles. The third kappa shape index (κ3) is 5.65. The molecule has 0 aliphatic heterocycles. The van der Waals surface area contributed by atoms with Gasteiger partial charge in [0.1, 0.15) is 89.6 Å². The molecule has 0 saturated carbocycles. The molecule has 10 rings (SSSR count). The molecule has 10 aromatic rings. The van der Waals surface area contributed by atoms with Gasteiger partial charge in [0.15, 0.2) is 17.5 Å². The lowest BCUT2D eigenvalue weighted by atomic mass is 9.60. The van der Waals surface area contributed by atoms with E-state index in [1.807, 2.05) is 48.5 Å². The van der Waals surface area contributed by atoms with E-state index in [1.54, 1.807) is 0 Å². The topological polar surface area (TPSA) is 56.7 Å². The molecule has 20 radical (unpaired) electrons. The molecule has 0 fully saturated rings. The highest BCUT2D eigenvalue weighted by molar-refractivity contribution is 6.70. The molecule has 3 heterocycles. The fourth-order valence-corrected chi connectivity index (χ4v) is 8.19. The summed E-state index contributed by atoms with van der Waals surface area (Å²) in [5.74, 6) is 0.183. The lowest BCUT2D eigenvalue weighted by Crippen LogP contribution is -2.55. The maximum Gasteiger partial charge on any atom is 0.164 e. The first-order chi connectivity index (χ1) is 28.9. The van der Waals surface area contributed by atoms with Crippen molar-refractivity contribution in [2.24, 2.45) is 0 Å². The minimum absolute atomic E-state index is 0.00135. The summed E-state index contributed by atoms with van der Waals surface area (Å²) < 4.78 is 8.82. The molecule has 0 N–H and O–H groups in total. The Kier molecular flexibility index (Phi) is 9.02. The van der Waals surface area contributed by atoms with Crippen molar-refractivity contribution >= 4 is 177 Å². The Labute approximate surface area is 359 Å². The zero-order valence-electron chi connectivity index (χ0n) is 31.9. The van der Waals surface area contributed by atoms with Crippen LogP contribution in [-0.4, -0.2) is 98.0 Å². The summed E-state index contributed by atoms with van der Waals surface area (Å²) in [7, 11) is 63.9. The van der Waals surface area contributed by atoms with Gasteiger partial charge in [0, 0.05) is 43.9 Å². The molecule has 0 aliphatic rings. The van der Waals surface area contributed by atoms with Gasteiger partial charge in [0.2, 0.25) is 0 Å². The van der Waals surface area contributed by atoms with E-state index < -0.39 is 0 Å². The Bertz CT molecular complexity index is 3310. The number of benzene rings is 7. The molecule has 254 valence electrons. The number of hydrogen-bond acceptors (Lipinski definition) is 4. The van der Waals surface area contributed by atoms with E-state index in [9.17, 15) is 0 Å². The molecule has 60 heavy (non-hydrogen) atoms. The van der Waals surface area contributed by atoms with Crippen LogP contribution >= 0.6 is 0 Å². The van der Waals surface area contributed by atoms with Gasteiger partial charge in [-0.1, -0.05) is 88.6 Å². The van der Waals surface area contributed by atoms with Crippen molar-refractivity contribution in [2.45, 2.75) is 0 Å². The molecule has 0 amide bonds. The first kappa shape index (κ1) is 38.0. The third-order valence-electron chi connectivity index (χ3n) is 11.2. The smallest absolute Gasteiger partial charge is 0.164 e. The third-order valence-corrected chi connectivity index (χ3v) is 11.2. The Morgan fingerprint density at radius 3 is 1.43 bits per heavy atom. The van der Waals surface area contributed by atoms with Gasteiger partial charge in [-0.2, -0.15) is 0 Å². The summed E-state index contributed by atoms with van der Waals surface area (Å²) in [6, 6.07) is 36.8. The molecule has 7 aromatic carbocycles. The summed E-state index contributed by atoms with van der Waals surface area (Å²) in [4.78, 5) is 14.7. The maximum atomic E-state index is 6.57. The normalized spacial score (nSPS) is 11.7. The Morgan fingerprint density at radius 1 is 0.383 bits per heavy atom. The highest BCUT2D eigenvalue weighted by Crippen LogP contribution is 2.43. The largest absolute Gasteiger partial charge is 0.456 e. The van der Waals surface area contributed by atoms with Gasteiger partial charge < -0.3 is 8.98 Å². The fourth-order valence-electron chi connectivity index (χ4n) is 8.19. The quantitative estimate of drug-likeness (QED) is 0.223. The number of hydrogen-bond donors (Lipinski definition) is 0. The number of aromatic nitrogens is 4. The van der Waals surface area contributed by atoms with Crippen LogP contribution in [-0.2, 0) is 0 Å². The van der Waals surface area contributed by atoms with Gasteiger partial charge >= 0.3 is 0 Å². The first-order valence-corrected chi connectivity index (χ1v) is 18.8. The van der Waals surface area contributed by atoms with Crippen molar-refractivity contribution < 1.29 is 4.42 Å². The predicted octanol–water partition coefficient (Wildman–Crippen LogP) is -0.526. The van der Waals surface area contributed by atoms with Crippen LogP contribution in [0.4, 0.5) is 0 Å². The van der Waals surface area contributed by atoms with Gasteiger partial charge in [0.25, 0.3) is 0 Å². The van der Waals surface area contributed by atoms with Crippen LogP contribution in [0.2, 0.25) is 0 Å². The second kappa shape index (κ2) is 14.2. The number of nitrogens with zero attached hydrogens (tertiary/aromatic N) is 4. The molecular formula is C45H18B10N4O. The first-order valence-electron chi connectivity index (χ1n) is 18.8. The molecule has 15 heteroatoms. The maximum absolute atomic E-state index is 6.57. The highest BCUT2D eigenvalue weighted by atomic mass is 16.3. The molecule has 3 aromatic heterocycles. The summed E-state index contributed by atoms with van der Waals surface area (Å²) in [6.45, 7) is 0. The van der Waals surface area contributed by atoms with Crippen LogP contribution in [0.5, 0.6) is 0 Å². The highest BCUT2D eigenvalue weighted by Gasteiger charge is 2.24. The van der Waals surface area contributed by atoms with Crippen LogP contribution in [0, 0.1) is 0 Å². The van der Waals surface area contributed by atoms with Gasteiger partial charge in [-0.05, 0) is 53.6 Å². The molecule has 0 saturated heterocycles. The fraction of sp³-hybridized carbons (Fsp3) is 0. The van der Waals surface area contributed by atoms with Crippen molar-refractivity contribution in [1.29, 1.82) is 0 Å². The predicted molar refractivity (Wildman–Crippen MR) is 257 cm³/mol. The van der Waals surface area contributed by atoms with Gasteiger partial charge in [-0.25, -0.2) is 15.0 Å². The number of rotatable bonds is 5. The average Bonchev–Trinajstić information content (AvgIpc) is 3.82. The zero-order chi connectivity index (χ0) is 41.7. The number of para-hydroxylation sites is 2. The Balaban J connectivity index is 1.26. The monoisotopic (exact) mass is 740 g/mol. The number of furan rings is 1. The van der Waals surface area contributed by atoms with Crippen LogP contribution in [0.3, 0.4) is 0 Å². The van der Waals surface area contributed by atoms with E-state index in [4.69, 9.17) is 97.8 Å². The van der Waals surface area contributed by atoms with Crippen molar-refractivity contribution in [2.75, 3.05) is 0 Å². The summed E-state index contributed by atoms with van der Waals surface area (Å²) in [5.41, 5.74) is 7.36. The van der Waals surface area contributed by atoms with Gasteiger partial charge in [0.05, 0.1) is 11.0 Å². The standard InChI is InChI=1S/C45H18B10N4O/c46-33-31(34(47)38(51)41(54)37(33)50)44-56-43(57-45(58-44)32-35(48)39(52)42(55)40(53)36(32)49)23-12-7-15-28-30(23)29-21(11-6-14-27(29)60-28)19-16-17-26-24(18-19)22-10-4-5-13-25(22)59(26)20-8-2-1-3-9-20/h1-18H. The van der Waals surface area contributed by atoms with E-state index in [0.717, 1.165) is 49.4 Å². The molecule has 5 nitrogen and oxygen atoms in total. The summed E-state index contributed by atoms with van der Waals surface area (Å²) in [6.07, 6.45) is 0. The van der Waals surface area contributed by atoms with Crippen LogP contribution in [0.15, 0.2) is 114 Å². The summed E-state index contributed by atoms with van der Waals surface area (Å²) >= 11 is 0. The van der Waals surface area contributed by atoms with E-state index in [1.165, 1.54) is 0 Å². The van der Waals surface area contributed by atoms with Crippen molar-refractivity contribution in [3.63, 3.8) is 0 Å². The van der Waals surface area contributed by atoms with Gasteiger partial charge in [-0.15, -0.1) is 32.8 Å². The molecule has 0 bridgehead atoms. The molecule has 0 spiro atoms. The van der Waals surface area contributed by atoms with Crippen LogP contribution < -0.4 is 54.6 Å². The number of fused-ring (bicyclic) bond motifs is 6. The van der Waals surface area contributed by atoms with E-state index in [0.29, 0.717) is 16.7 Å². The SMILES string of the molecule is [B]c1c([B])c([B])c(-c2nc(-c3c([B])c([B])c([B])c([B])c3[B])nc(-c3cccc4oc5cccc(-c6ccc7c(c6)c6ccccc6n7-c6ccccc6)c5c34)n2)c([B])c1[B]. The van der Waals surface area contributed by atoms with E-state index in [-0.39, 0.29) is 83.2 Å². The molecular weight excluding hydrogens is 721 g/mol.